The fraction of sp³-hybridized carbons (Fsp3) is 0.263. The van der Waals surface area contributed by atoms with E-state index in [1.54, 1.807) is 28.6 Å². The lowest BCUT2D eigenvalue weighted by atomic mass is 10.1. The van der Waals surface area contributed by atoms with Gasteiger partial charge in [0.2, 0.25) is 0 Å². The lowest BCUT2D eigenvalue weighted by molar-refractivity contribution is -0.124. The van der Waals surface area contributed by atoms with Gasteiger partial charge in [0.25, 0.3) is 11.8 Å². The Hall–Kier alpha value is -3.06. The van der Waals surface area contributed by atoms with E-state index in [1.807, 2.05) is 24.3 Å². The molecule has 0 radical (unpaired) electrons. The molecule has 0 aliphatic carbocycles. The van der Waals surface area contributed by atoms with Gasteiger partial charge in [-0.25, -0.2) is 5.48 Å². The number of piperidine rings is 1. The van der Waals surface area contributed by atoms with Crippen molar-refractivity contribution in [1.29, 1.82) is 0 Å². The number of hydroxylamine groups is 1. The molecule has 1 aromatic heterocycles. The predicted octanol–water partition coefficient (Wildman–Crippen LogP) is 2.48. The molecule has 2 amide bonds. The summed E-state index contributed by atoms with van der Waals surface area (Å²) in [7, 11) is 0. The molecule has 0 saturated carbocycles. The molecule has 7 heteroatoms. The molecule has 2 heterocycles. The first-order valence-corrected chi connectivity index (χ1v) is 8.38. The third-order valence-electron chi connectivity index (χ3n) is 4.13. The van der Waals surface area contributed by atoms with Gasteiger partial charge < -0.3 is 14.1 Å². The van der Waals surface area contributed by atoms with Gasteiger partial charge in [-0.15, -0.1) is 0 Å². The summed E-state index contributed by atoms with van der Waals surface area (Å²) >= 11 is 0. The second kappa shape index (κ2) is 8.35. The Bertz CT molecular complexity index is 785. The van der Waals surface area contributed by atoms with Crippen molar-refractivity contribution >= 4 is 17.9 Å². The fourth-order valence-electron chi connectivity index (χ4n) is 2.88. The number of hydrogen-bond donors (Lipinski definition) is 2. The molecule has 3 rings (SSSR count). The average molecular weight is 356 g/mol. The van der Waals surface area contributed by atoms with Crippen LogP contribution in [0.15, 0.2) is 53.2 Å². The first kappa shape index (κ1) is 17.8. The summed E-state index contributed by atoms with van der Waals surface area (Å²) in [4.78, 5) is 25.3. The summed E-state index contributed by atoms with van der Waals surface area (Å²) in [5.74, 6) is 0.180. The van der Waals surface area contributed by atoms with Crippen LogP contribution in [0.1, 0.15) is 29.0 Å². The Labute approximate surface area is 150 Å². The molecule has 2 N–H and O–H groups in total. The Morgan fingerprint density at radius 3 is 2.88 bits per heavy atom. The third kappa shape index (κ3) is 4.31. The molecule has 1 atom stereocenters. The number of carbonyl (C=O) groups is 2. The van der Waals surface area contributed by atoms with Crippen molar-refractivity contribution < 1.29 is 24.0 Å². The van der Waals surface area contributed by atoms with Crippen molar-refractivity contribution in [2.75, 3.05) is 13.1 Å². The van der Waals surface area contributed by atoms with Gasteiger partial charge in [-0.3, -0.25) is 14.8 Å². The number of furan rings is 1. The highest BCUT2D eigenvalue weighted by Gasteiger charge is 2.27. The first-order valence-electron chi connectivity index (χ1n) is 8.38. The summed E-state index contributed by atoms with van der Waals surface area (Å²) in [6, 6.07) is 10.6. The molecule has 1 aliphatic rings. The monoisotopic (exact) mass is 356 g/mol. The van der Waals surface area contributed by atoms with Crippen LogP contribution in [0.5, 0.6) is 5.75 Å². The number of para-hydroxylation sites is 1. The van der Waals surface area contributed by atoms with Gasteiger partial charge in [0.05, 0.1) is 12.8 Å². The number of nitrogens with one attached hydrogen (secondary N) is 1. The summed E-state index contributed by atoms with van der Waals surface area (Å²) in [5, 5.41) is 8.58. The molecule has 2 aromatic rings. The van der Waals surface area contributed by atoms with Gasteiger partial charge in [-0.2, -0.15) is 0 Å². The minimum atomic E-state index is -0.618. The molecule has 1 fully saturated rings. The molecule has 136 valence electrons. The van der Waals surface area contributed by atoms with Gasteiger partial charge in [0.1, 0.15) is 11.9 Å². The Morgan fingerprint density at radius 1 is 1.27 bits per heavy atom. The van der Waals surface area contributed by atoms with E-state index in [2.05, 4.69) is 0 Å². The number of likely N-dealkylation sites (tertiary alicyclic amines) is 1. The Balaban J connectivity index is 1.68. The van der Waals surface area contributed by atoms with E-state index >= 15 is 0 Å². The van der Waals surface area contributed by atoms with Crippen LogP contribution >= 0.6 is 0 Å². The van der Waals surface area contributed by atoms with E-state index in [4.69, 9.17) is 14.4 Å². The summed E-state index contributed by atoms with van der Waals surface area (Å²) in [5.41, 5.74) is 2.26. The molecule has 26 heavy (non-hydrogen) atoms. The van der Waals surface area contributed by atoms with E-state index in [1.165, 1.54) is 12.3 Å². The van der Waals surface area contributed by atoms with E-state index in [0.29, 0.717) is 30.2 Å². The van der Waals surface area contributed by atoms with E-state index < -0.39 is 5.91 Å². The Kier molecular flexibility index (Phi) is 5.70. The van der Waals surface area contributed by atoms with Crippen molar-refractivity contribution in [2.45, 2.75) is 18.9 Å². The van der Waals surface area contributed by atoms with Gasteiger partial charge in [-0.05, 0) is 37.1 Å². The van der Waals surface area contributed by atoms with E-state index in [-0.39, 0.29) is 12.0 Å². The summed E-state index contributed by atoms with van der Waals surface area (Å²) in [6.07, 6.45) is 5.78. The Morgan fingerprint density at radius 2 is 2.12 bits per heavy atom. The quantitative estimate of drug-likeness (QED) is 0.488. The number of amides is 2. The number of nitrogens with zero attached hydrogens (tertiary/aromatic N) is 1. The maximum Gasteiger partial charge on any atom is 0.289 e. The molecule has 1 saturated heterocycles. The smallest absolute Gasteiger partial charge is 0.289 e. The number of carbonyl (C=O) groups excluding carboxylic acids is 2. The number of benzene rings is 1. The van der Waals surface area contributed by atoms with Crippen LogP contribution in [-0.2, 0) is 4.79 Å². The van der Waals surface area contributed by atoms with Crippen molar-refractivity contribution in [2.24, 2.45) is 0 Å². The van der Waals surface area contributed by atoms with Gasteiger partial charge >= 0.3 is 0 Å². The molecular weight excluding hydrogens is 336 g/mol. The molecule has 0 spiro atoms. The zero-order valence-corrected chi connectivity index (χ0v) is 14.1. The number of ether oxygens (including phenoxy) is 1. The minimum absolute atomic E-state index is 0.143. The predicted molar refractivity (Wildman–Crippen MR) is 93.7 cm³/mol. The lowest BCUT2D eigenvalue weighted by Gasteiger charge is -2.32. The molecule has 7 nitrogen and oxygen atoms in total. The van der Waals surface area contributed by atoms with Crippen LogP contribution in [-0.4, -0.2) is 41.1 Å². The highest BCUT2D eigenvalue weighted by atomic mass is 16.5. The summed E-state index contributed by atoms with van der Waals surface area (Å²) < 4.78 is 11.3. The second-order valence-electron chi connectivity index (χ2n) is 5.96. The first-order chi connectivity index (χ1) is 12.7. The minimum Gasteiger partial charge on any atom is -0.488 e. The summed E-state index contributed by atoms with van der Waals surface area (Å²) in [6.45, 7) is 1.13. The number of rotatable bonds is 5. The molecule has 0 unspecified atom stereocenters. The van der Waals surface area contributed by atoms with E-state index in [9.17, 15) is 9.59 Å². The number of hydrogen-bond acceptors (Lipinski definition) is 5. The maximum atomic E-state index is 12.4. The van der Waals surface area contributed by atoms with Crippen LogP contribution in [0.25, 0.3) is 6.08 Å². The highest BCUT2D eigenvalue weighted by molar-refractivity contribution is 5.92. The van der Waals surface area contributed by atoms with Crippen molar-refractivity contribution in [3.63, 3.8) is 0 Å². The van der Waals surface area contributed by atoms with Crippen molar-refractivity contribution in [3.8, 4) is 5.75 Å². The molecule has 1 aliphatic heterocycles. The van der Waals surface area contributed by atoms with Crippen LogP contribution in [0.3, 0.4) is 0 Å². The topological polar surface area (TPSA) is 92.0 Å². The lowest BCUT2D eigenvalue weighted by Crippen LogP contribution is -2.44. The van der Waals surface area contributed by atoms with Gasteiger partial charge in [0.15, 0.2) is 5.76 Å². The standard InChI is InChI=1S/C19H20N2O5/c22-18(20-24)10-9-14-5-1-2-7-16(14)26-15-6-3-11-21(13-15)19(23)17-8-4-12-25-17/h1-2,4-5,7-10,12,15,24H,3,6,11,13H2,(H,20,22)/b10-9+/t15-/m0/s1. The van der Waals surface area contributed by atoms with E-state index in [0.717, 1.165) is 12.8 Å². The average Bonchev–Trinajstić information content (AvgIpc) is 3.21. The highest BCUT2D eigenvalue weighted by Crippen LogP contribution is 2.24. The molecular formula is C19H20N2O5. The fourth-order valence-corrected chi connectivity index (χ4v) is 2.88. The normalized spacial score (nSPS) is 17.3. The zero-order valence-electron chi connectivity index (χ0n) is 14.1. The van der Waals surface area contributed by atoms with Crippen molar-refractivity contribution in [3.05, 3.63) is 60.1 Å². The molecule has 1 aromatic carbocycles. The molecule has 0 bridgehead atoms. The van der Waals surface area contributed by atoms with Crippen LogP contribution in [0.2, 0.25) is 0 Å². The largest absolute Gasteiger partial charge is 0.488 e. The maximum absolute atomic E-state index is 12.4. The third-order valence-corrected chi connectivity index (χ3v) is 4.13. The van der Waals surface area contributed by atoms with Crippen LogP contribution in [0.4, 0.5) is 0 Å². The SMILES string of the molecule is O=C(/C=C/c1ccccc1O[C@H]1CCCN(C(=O)c2ccco2)C1)NO. The zero-order chi connectivity index (χ0) is 18.4. The van der Waals surface area contributed by atoms with Crippen molar-refractivity contribution in [1.82, 2.24) is 10.4 Å². The van der Waals surface area contributed by atoms with Gasteiger partial charge in [-0.1, -0.05) is 18.2 Å². The van der Waals surface area contributed by atoms with Gasteiger partial charge in [0, 0.05) is 18.2 Å². The second-order valence-corrected chi connectivity index (χ2v) is 5.96. The van der Waals surface area contributed by atoms with Crippen LogP contribution < -0.4 is 10.2 Å². The van der Waals surface area contributed by atoms with Crippen LogP contribution in [0, 0.1) is 0 Å².